The number of hydrogen-bond acceptors (Lipinski definition) is 5. The molecule has 0 atom stereocenters. The predicted octanol–water partition coefficient (Wildman–Crippen LogP) is 2.17. The summed E-state index contributed by atoms with van der Waals surface area (Å²) in [6.07, 6.45) is 0.643. The van der Waals surface area contributed by atoms with Crippen LogP contribution in [0, 0.1) is 0 Å². The molecule has 0 aliphatic rings. The molecule has 5 heteroatoms. The van der Waals surface area contributed by atoms with Crippen LogP contribution in [0.1, 0.15) is 16.1 Å². The van der Waals surface area contributed by atoms with Gasteiger partial charge in [-0.15, -0.1) is 0 Å². The Kier molecular flexibility index (Phi) is 3.14. The molecule has 0 saturated heterocycles. The van der Waals surface area contributed by atoms with Crippen LogP contribution in [0.4, 0.5) is 0 Å². The molecule has 0 saturated carbocycles. The maximum Gasteiger partial charge on any atom is 0.181 e. The van der Waals surface area contributed by atoms with E-state index < -0.39 is 0 Å². The summed E-state index contributed by atoms with van der Waals surface area (Å²) in [5.74, 6) is 0.746. The summed E-state index contributed by atoms with van der Waals surface area (Å²) >= 11 is 1.43. The molecule has 1 aromatic carbocycles. The monoisotopic (exact) mass is 220 g/mol. The highest BCUT2D eigenvalue weighted by molar-refractivity contribution is 7.98. The fourth-order valence-corrected chi connectivity index (χ4v) is 1.90. The summed E-state index contributed by atoms with van der Waals surface area (Å²) in [7, 11) is 0. The molecule has 15 heavy (non-hydrogen) atoms. The van der Waals surface area contributed by atoms with E-state index in [9.17, 15) is 4.79 Å². The molecule has 2 aromatic rings. The van der Waals surface area contributed by atoms with Crippen LogP contribution in [0.15, 0.2) is 40.0 Å². The summed E-state index contributed by atoms with van der Waals surface area (Å²) in [5, 5.41) is 7.66. The number of hydrogen-bond donors (Lipinski definition) is 0. The van der Waals surface area contributed by atoms with Crippen LogP contribution < -0.4 is 0 Å². The molecular weight excluding hydrogens is 212 g/mol. The second-order valence-electron chi connectivity index (χ2n) is 2.85. The van der Waals surface area contributed by atoms with Crippen LogP contribution >= 0.6 is 11.8 Å². The van der Waals surface area contributed by atoms with Crippen LogP contribution in [0.25, 0.3) is 0 Å². The average molecular weight is 220 g/mol. The van der Waals surface area contributed by atoms with Crippen LogP contribution in [0.5, 0.6) is 0 Å². The zero-order valence-corrected chi connectivity index (χ0v) is 8.61. The van der Waals surface area contributed by atoms with Crippen LogP contribution in [0.2, 0.25) is 0 Å². The van der Waals surface area contributed by atoms with E-state index in [2.05, 4.69) is 14.9 Å². The normalized spacial score (nSPS) is 10.1. The molecule has 2 rings (SSSR count). The second kappa shape index (κ2) is 4.75. The van der Waals surface area contributed by atoms with Crippen molar-refractivity contribution in [3.05, 3.63) is 41.6 Å². The lowest BCUT2D eigenvalue weighted by Crippen LogP contribution is -1.84. The molecule has 0 bridgehead atoms. The minimum Gasteiger partial charge on any atom is -0.296 e. The lowest BCUT2D eigenvalue weighted by atomic mass is 10.2. The van der Waals surface area contributed by atoms with E-state index >= 15 is 0 Å². The van der Waals surface area contributed by atoms with Crippen molar-refractivity contribution in [2.45, 2.75) is 10.8 Å². The van der Waals surface area contributed by atoms with Crippen LogP contribution in [-0.2, 0) is 5.75 Å². The SMILES string of the molecule is O=Cc1nonc1SCc1ccccc1. The van der Waals surface area contributed by atoms with E-state index in [1.165, 1.54) is 17.3 Å². The van der Waals surface area contributed by atoms with Crippen LogP contribution in [-0.4, -0.2) is 16.6 Å². The molecule has 1 heterocycles. The Bertz CT molecular complexity index is 442. The van der Waals surface area contributed by atoms with Crippen molar-refractivity contribution in [3.63, 3.8) is 0 Å². The first-order valence-electron chi connectivity index (χ1n) is 4.34. The largest absolute Gasteiger partial charge is 0.296 e. The molecule has 0 unspecified atom stereocenters. The zero-order valence-electron chi connectivity index (χ0n) is 7.79. The molecule has 0 aliphatic carbocycles. The topological polar surface area (TPSA) is 56.0 Å². The van der Waals surface area contributed by atoms with Crippen molar-refractivity contribution >= 4 is 18.0 Å². The number of benzene rings is 1. The number of carbonyl (C=O) groups excluding carboxylic acids is 1. The number of aromatic nitrogens is 2. The number of aldehydes is 1. The first-order chi connectivity index (χ1) is 7.40. The lowest BCUT2D eigenvalue weighted by Gasteiger charge is -1.97. The van der Waals surface area contributed by atoms with E-state index in [4.69, 9.17) is 0 Å². The Hall–Kier alpha value is -1.62. The van der Waals surface area contributed by atoms with Gasteiger partial charge in [-0.25, -0.2) is 4.63 Å². The number of thioether (sulfide) groups is 1. The van der Waals surface area contributed by atoms with Crippen molar-refractivity contribution in [1.82, 2.24) is 10.3 Å². The Balaban J connectivity index is 2.02. The van der Waals surface area contributed by atoms with Crippen LogP contribution in [0.3, 0.4) is 0 Å². The highest BCUT2D eigenvalue weighted by Gasteiger charge is 2.08. The van der Waals surface area contributed by atoms with Gasteiger partial charge in [0.15, 0.2) is 17.0 Å². The van der Waals surface area contributed by atoms with Gasteiger partial charge in [0.1, 0.15) is 0 Å². The molecule has 1 aromatic heterocycles. The van der Waals surface area contributed by atoms with Crippen molar-refractivity contribution in [2.24, 2.45) is 0 Å². The fraction of sp³-hybridized carbons (Fsp3) is 0.100. The van der Waals surface area contributed by atoms with E-state index in [1.807, 2.05) is 30.3 Å². The van der Waals surface area contributed by atoms with E-state index in [1.54, 1.807) is 0 Å². The maximum absolute atomic E-state index is 10.5. The molecule has 0 radical (unpaired) electrons. The average Bonchev–Trinajstić information content (AvgIpc) is 2.75. The first-order valence-corrected chi connectivity index (χ1v) is 5.33. The molecular formula is C10H8N2O2S. The van der Waals surface area contributed by atoms with Gasteiger partial charge < -0.3 is 0 Å². The van der Waals surface area contributed by atoms with Crippen molar-refractivity contribution in [3.8, 4) is 0 Å². The predicted molar refractivity (Wildman–Crippen MR) is 55.7 cm³/mol. The zero-order chi connectivity index (χ0) is 10.5. The first kappa shape index (κ1) is 9.92. The summed E-state index contributed by atoms with van der Waals surface area (Å²) in [4.78, 5) is 10.5. The van der Waals surface area contributed by atoms with E-state index in [0.717, 1.165) is 5.75 Å². The Morgan fingerprint density at radius 3 is 2.80 bits per heavy atom. The van der Waals surface area contributed by atoms with Gasteiger partial charge in [0, 0.05) is 5.75 Å². The summed E-state index contributed by atoms with van der Waals surface area (Å²) < 4.78 is 4.47. The number of rotatable bonds is 4. The quantitative estimate of drug-likeness (QED) is 0.584. The summed E-state index contributed by atoms with van der Waals surface area (Å²) in [6.45, 7) is 0. The third kappa shape index (κ3) is 2.44. The van der Waals surface area contributed by atoms with Gasteiger partial charge >= 0.3 is 0 Å². The molecule has 0 N–H and O–H groups in total. The van der Waals surface area contributed by atoms with Crippen molar-refractivity contribution in [2.75, 3.05) is 0 Å². The molecule has 0 spiro atoms. The van der Waals surface area contributed by atoms with Gasteiger partial charge in [0.2, 0.25) is 0 Å². The fourth-order valence-electron chi connectivity index (χ4n) is 1.09. The summed E-state index contributed by atoms with van der Waals surface area (Å²) in [6, 6.07) is 9.93. The minimum absolute atomic E-state index is 0.260. The van der Waals surface area contributed by atoms with Gasteiger partial charge in [-0.3, -0.25) is 4.79 Å². The van der Waals surface area contributed by atoms with Gasteiger partial charge in [0.05, 0.1) is 0 Å². The minimum atomic E-state index is 0.260. The van der Waals surface area contributed by atoms with E-state index in [-0.39, 0.29) is 5.69 Å². The third-order valence-corrected chi connectivity index (χ3v) is 2.85. The van der Waals surface area contributed by atoms with Crippen molar-refractivity contribution < 1.29 is 9.42 Å². The van der Waals surface area contributed by atoms with Gasteiger partial charge in [-0.2, -0.15) is 0 Å². The third-order valence-electron chi connectivity index (χ3n) is 1.81. The van der Waals surface area contributed by atoms with Gasteiger partial charge in [0.25, 0.3) is 0 Å². The smallest absolute Gasteiger partial charge is 0.181 e. The highest BCUT2D eigenvalue weighted by atomic mass is 32.2. The Morgan fingerprint density at radius 2 is 2.07 bits per heavy atom. The lowest BCUT2D eigenvalue weighted by molar-refractivity contribution is 0.111. The Labute approximate surface area is 90.6 Å². The summed E-state index contributed by atoms with van der Waals surface area (Å²) in [5.41, 5.74) is 1.43. The van der Waals surface area contributed by atoms with Gasteiger partial charge in [-0.05, 0) is 15.9 Å². The molecule has 76 valence electrons. The highest BCUT2D eigenvalue weighted by Crippen LogP contribution is 2.22. The number of nitrogens with zero attached hydrogens (tertiary/aromatic N) is 2. The maximum atomic E-state index is 10.5. The molecule has 0 aliphatic heterocycles. The van der Waals surface area contributed by atoms with Gasteiger partial charge in [-0.1, -0.05) is 42.1 Å². The molecule has 0 fully saturated rings. The standard InChI is InChI=1S/C10H8N2O2S/c13-6-9-10(12-14-11-9)15-7-8-4-2-1-3-5-8/h1-6H,7H2. The van der Waals surface area contributed by atoms with E-state index in [0.29, 0.717) is 11.3 Å². The second-order valence-corrected chi connectivity index (χ2v) is 3.81. The van der Waals surface area contributed by atoms with Crippen molar-refractivity contribution in [1.29, 1.82) is 0 Å². The molecule has 0 amide bonds. The number of carbonyl (C=O) groups is 1. The Morgan fingerprint density at radius 1 is 1.27 bits per heavy atom. The molecule has 4 nitrogen and oxygen atoms in total.